The number of aryl methyl sites for hydroxylation is 1. The van der Waals surface area contributed by atoms with E-state index in [9.17, 15) is 0 Å². The van der Waals surface area contributed by atoms with Gasteiger partial charge in [-0.15, -0.1) is 0 Å². The number of hydrogen-bond donors (Lipinski definition) is 2. The molecule has 0 spiro atoms. The second-order valence-corrected chi connectivity index (χ2v) is 6.19. The number of rotatable bonds is 5. The normalized spacial score (nSPS) is 16.4. The topological polar surface area (TPSA) is 88.6 Å². The van der Waals surface area contributed by atoms with Crippen molar-refractivity contribution in [3.05, 3.63) is 53.9 Å². The van der Waals surface area contributed by atoms with Gasteiger partial charge in [0.25, 0.3) is 0 Å². The second-order valence-electron chi connectivity index (χ2n) is 6.19. The largest absolute Gasteiger partial charge is 0.496 e. The molecule has 0 aliphatic heterocycles. The Morgan fingerprint density at radius 2 is 2.00 bits per heavy atom. The van der Waals surface area contributed by atoms with Crippen LogP contribution in [0.15, 0.2) is 36.9 Å². The van der Waals surface area contributed by atoms with Gasteiger partial charge in [0, 0.05) is 42.5 Å². The first kappa shape index (κ1) is 15.7. The van der Waals surface area contributed by atoms with Crippen LogP contribution < -0.4 is 10.1 Å². The Morgan fingerprint density at radius 1 is 1.16 bits per heavy atom. The van der Waals surface area contributed by atoms with E-state index >= 15 is 0 Å². The summed E-state index contributed by atoms with van der Waals surface area (Å²) in [6, 6.07) is 6.56. The van der Waals surface area contributed by atoms with E-state index in [1.54, 1.807) is 7.11 Å². The highest BCUT2D eigenvalue weighted by atomic mass is 16.5. The van der Waals surface area contributed by atoms with Gasteiger partial charge in [0.1, 0.15) is 12.1 Å². The number of nitrogens with one attached hydrogen (secondary N) is 2. The first-order valence-electron chi connectivity index (χ1n) is 8.37. The molecule has 0 bridgehead atoms. The number of aromatic nitrogens is 5. The van der Waals surface area contributed by atoms with Gasteiger partial charge in [0.05, 0.1) is 18.5 Å². The first-order valence-corrected chi connectivity index (χ1v) is 8.37. The van der Waals surface area contributed by atoms with Crippen molar-refractivity contribution in [2.45, 2.75) is 31.8 Å². The van der Waals surface area contributed by atoms with Crippen LogP contribution in [0.25, 0.3) is 11.1 Å². The number of benzene rings is 1. The van der Waals surface area contributed by atoms with Crippen LogP contribution in [-0.2, 0) is 19.4 Å². The lowest BCUT2D eigenvalue weighted by molar-refractivity contribution is 0.400. The van der Waals surface area contributed by atoms with Crippen molar-refractivity contribution >= 4 is 0 Å². The van der Waals surface area contributed by atoms with Gasteiger partial charge in [-0.05, 0) is 30.5 Å². The number of fused-ring (bicyclic) bond motifs is 1. The van der Waals surface area contributed by atoms with Gasteiger partial charge in [-0.3, -0.25) is 0 Å². The molecule has 0 amide bonds. The van der Waals surface area contributed by atoms with Crippen LogP contribution in [0, 0.1) is 0 Å². The van der Waals surface area contributed by atoms with Gasteiger partial charge in [-0.2, -0.15) is 15.4 Å². The molecule has 1 aliphatic rings. The van der Waals surface area contributed by atoms with Crippen molar-refractivity contribution in [2.24, 2.45) is 0 Å². The minimum absolute atomic E-state index is 0.394. The molecule has 0 radical (unpaired) electrons. The third kappa shape index (κ3) is 3.36. The molecule has 3 aromatic rings. The van der Waals surface area contributed by atoms with Crippen molar-refractivity contribution in [3.8, 4) is 16.9 Å². The number of methoxy groups -OCH3 is 1. The van der Waals surface area contributed by atoms with E-state index in [4.69, 9.17) is 4.74 Å². The van der Waals surface area contributed by atoms with Crippen molar-refractivity contribution in [1.29, 1.82) is 0 Å². The van der Waals surface area contributed by atoms with Crippen molar-refractivity contribution in [3.63, 3.8) is 0 Å². The Bertz CT molecular complexity index is 848. The van der Waals surface area contributed by atoms with Gasteiger partial charge in [-0.25, -0.2) is 9.97 Å². The SMILES string of the molecule is COc1ccc(-c2cncnc2)cc1CNC1CCc2n[nH]nc2C1. The summed E-state index contributed by atoms with van der Waals surface area (Å²) in [5, 5.41) is 14.8. The monoisotopic (exact) mass is 336 g/mol. The second kappa shape index (κ2) is 6.98. The number of ether oxygens (including phenoxy) is 1. The minimum Gasteiger partial charge on any atom is -0.496 e. The van der Waals surface area contributed by atoms with Crippen molar-refractivity contribution < 1.29 is 4.74 Å². The molecular weight excluding hydrogens is 316 g/mol. The Hall–Kier alpha value is -2.80. The molecule has 0 saturated heterocycles. The fourth-order valence-electron chi connectivity index (χ4n) is 3.26. The molecule has 7 heteroatoms. The number of aromatic amines is 1. The Labute approximate surface area is 145 Å². The molecule has 2 aromatic heterocycles. The lowest BCUT2D eigenvalue weighted by Crippen LogP contribution is -2.34. The standard InChI is InChI=1S/C18H20N6O/c1-25-18-5-2-12(14-8-19-11-20-9-14)6-13(18)10-21-15-3-4-16-17(7-15)23-24-22-16/h2,5-6,8-9,11,15,21H,3-4,7,10H2,1H3,(H,22,23,24). The number of H-pyrrole nitrogens is 1. The molecule has 7 nitrogen and oxygen atoms in total. The molecule has 0 saturated carbocycles. The summed E-state index contributed by atoms with van der Waals surface area (Å²) in [6.07, 6.45) is 8.10. The van der Waals surface area contributed by atoms with Crippen LogP contribution in [0.4, 0.5) is 0 Å². The number of nitrogens with zero attached hydrogens (tertiary/aromatic N) is 4. The molecule has 2 N–H and O–H groups in total. The summed E-state index contributed by atoms with van der Waals surface area (Å²) in [5.74, 6) is 0.881. The highest BCUT2D eigenvalue weighted by Gasteiger charge is 2.21. The van der Waals surface area contributed by atoms with Gasteiger partial charge in [-0.1, -0.05) is 6.07 Å². The quantitative estimate of drug-likeness (QED) is 0.740. The lowest BCUT2D eigenvalue weighted by Gasteiger charge is -2.22. The molecule has 1 aromatic carbocycles. The summed E-state index contributed by atoms with van der Waals surface area (Å²) in [6.45, 7) is 0.739. The zero-order chi connectivity index (χ0) is 17.1. The van der Waals surface area contributed by atoms with E-state index in [0.29, 0.717) is 6.04 Å². The van der Waals surface area contributed by atoms with Crippen molar-refractivity contribution in [1.82, 2.24) is 30.7 Å². The molecule has 1 aliphatic carbocycles. The molecule has 1 unspecified atom stereocenters. The predicted molar refractivity (Wildman–Crippen MR) is 93.1 cm³/mol. The fraction of sp³-hybridized carbons (Fsp3) is 0.333. The highest BCUT2D eigenvalue weighted by Crippen LogP contribution is 2.26. The van der Waals surface area contributed by atoms with Crippen LogP contribution in [0.5, 0.6) is 5.75 Å². The average Bonchev–Trinajstić information content (AvgIpc) is 3.14. The molecule has 2 heterocycles. The predicted octanol–water partition coefficient (Wildman–Crippen LogP) is 1.92. The first-order chi connectivity index (χ1) is 12.3. The molecule has 1 atom stereocenters. The third-order valence-corrected chi connectivity index (χ3v) is 4.63. The van der Waals surface area contributed by atoms with Crippen LogP contribution in [0.2, 0.25) is 0 Å². The maximum absolute atomic E-state index is 5.52. The van der Waals surface area contributed by atoms with E-state index in [1.165, 1.54) is 6.33 Å². The molecule has 25 heavy (non-hydrogen) atoms. The van der Waals surface area contributed by atoms with E-state index in [1.807, 2.05) is 24.5 Å². The van der Waals surface area contributed by atoms with Crippen LogP contribution >= 0.6 is 0 Å². The maximum Gasteiger partial charge on any atom is 0.123 e. The Kier molecular flexibility index (Phi) is 4.39. The van der Waals surface area contributed by atoms with Crippen LogP contribution in [0.1, 0.15) is 23.4 Å². The van der Waals surface area contributed by atoms with Gasteiger partial charge in [0.15, 0.2) is 0 Å². The molecule has 128 valence electrons. The zero-order valence-electron chi connectivity index (χ0n) is 14.1. The van der Waals surface area contributed by atoms with Crippen LogP contribution in [-0.4, -0.2) is 38.5 Å². The molecule has 4 rings (SSSR count). The molecular formula is C18H20N6O. The van der Waals surface area contributed by atoms with Gasteiger partial charge in [0.2, 0.25) is 0 Å². The summed E-state index contributed by atoms with van der Waals surface area (Å²) in [5.41, 5.74) is 5.37. The lowest BCUT2D eigenvalue weighted by atomic mass is 9.95. The van der Waals surface area contributed by atoms with Crippen molar-refractivity contribution in [2.75, 3.05) is 7.11 Å². The van der Waals surface area contributed by atoms with Gasteiger partial charge >= 0.3 is 0 Å². The molecule has 0 fully saturated rings. The smallest absolute Gasteiger partial charge is 0.123 e. The summed E-state index contributed by atoms with van der Waals surface area (Å²) in [4.78, 5) is 8.19. The fourth-order valence-corrected chi connectivity index (χ4v) is 3.26. The Balaban J connectivity index is 1.49. The van der Waals surface area contributed by atoms with E-state index in [2.05, 4.69) is 36.8 Å². The average molecular weight is 336 g/mol. The minimum atomic E-state index is 0.394. The van der Waals surface area contributed by atoms with E-state index < -0.39 is 0 Å². The third-order valence-electron chi connectivity index (χ3n) is 4.63. The Morgan fingerprint density at radius 3 is 2.84 bits per heavy atom. The maximum atomic E-state index is 5.52. The number of hydrogen-bond acceptors (Lipinski definition) is 6. The summed E-state index contributed by atoms with van der Waals surface area (Å²) >= 11 is 0. The zero-order valence-corrected chi connectivity index (χ0v) is 14.1. The highest BCUT2D eigenvalue weighted by molar-refractivity contribution is 5.64. The van der Waals surface area contributed by atoms with Crippen LogP contribution in [0.3, 0.4) is 0 Å². The van der Waals surface area contributed by atoms with Gasteiger partial charge < -0.3 is 10.1 Å². The van der Waals surface area contributed by atoms with E-state index in [-0.39, 0.29) is 0 Å². The van der Waals surface area contributed by atoms with E-state index in [0.717, 1.165) is 59.6 Å². The summed E-state index contributed by atoms with van der Waals surface area (Å²) < 4.78 is 5.52. The summed E-state index contributed by atoms with van der Waals surface area (Å²) in [7, 11) is 1.70.